The van der Waals surface area contributed by atoms with Gasteiger partial charge in [0.1, 0.15) is 5.82 Å². The van der Waals surface area contributed by atoms with E-state index in [1.54, 1.807) is 6.07 Å². The molecule has 0 unspecified atom stereocenters. The molecule has 0 amide bonds. The van der Waals surface area contributed by atoms with Crippen LogP contribution in [0.25, 0.3) is 11.3 Å². The molecular formula is C13H12Cl2N2. The maximum Gasteiger partial charge on any atom is 0.143 e. The van der Waals surface area contributed by atoms with E-state index >= 15 is 0 Å². The lowest BCUT2D eigenvalue weighted by atomic mass is 10.1. The molecule has 1 aromatic carbocycles. The molecule has 0 atom stereocenters. The number of nitrogens with zero attached hydrogens (tertiary/aromatic N) is 1. The van der Waals surface area contributed by atoms with E-state index in [2.05, 4.69) is 24.0 Å². The van der Waals surface area contributed by atoms with Crippen molar-refractivity contribution in [1.82, 2.24) is 4.98 Å². The minimum atomic E-state index is 0.299. The summed E-state index contributed by atoms with van der Waals surface area (Å²) in [5, 5.41) is 0.892. The molecular weight excluding hydrogens is 255 g/mol. The minimum Gasteiger partial charge on any atom is -0.382 e. The fourth-order valence-electron chi connectivity index (χ4n) is 1.62. The van der Waals surface area contributed by atoms with E-state index in [0.29, 0.717) is 21.6 Å². The quantitative estimate of drug-likeness (QED) is 0.885. The van der Waals surface area contributed by atoms with Crippen molar-refractivity contribution in [2.45, 2.75) is 13.3 Å². The van der Waals surface area contributed by atoms with Crippen LogP contribution in [0.3, 0.4) is 0 Å². The molecule has 0 bridgehead atoms. The van der Waals surface area contributed by atoms with Gasteiger partial charge in [-0.1, -0.05) is 48.3 Å². The molecule has 0 saturated heterocycles. The molecule has 2 nitrogen and oxygen atoms in total. The van der Waals surface area contributed by atoms with Crippen LogP contribution in [0.5, 0.6) is 0 Å². The summed E-state index contributed by atoms with van der Waals surface area (Å²) in [4.78, 5) is 4.23. The summed E-state index contributed by atoms with van der Waals surface area (Å²) in [7, 11) is 0. The van der Waals surface area contributed by atoms with Crippen LogP contribution in [-0.4, -0.2) is 4.98 Å². The van der Waals surface area contributed by atoms with Crippen LogP contribution in [0.15, 0.2) is 30.3 Å². The number of halogens is 2. The first-order chi connectivity index (χ1) is 8.11. The monoisotopic (exact) mass is 266 g/mol. The van der Waals surface area contributed by atoms with E-state index in [1.807, 2.05) is 12.1 Å². The Hall–Kier alpha value is -1.25. The highest BCUT2D eigenvalue weighted by Crippen LogP contribution is 2.31. The number of aromatic nitrogens is 1. The number of anilines is 1. The van der Waals surface area contributed by atoms with Crippen molar-refractivity contribution in [2.75, 3.05) is 5.73 Å². The third-order valence-corrected chi connectivity index (χ3v) is 3.16. The normalized spacial score (nSPS) is 10.5. The molecule has 1 heterocycles. The second kappa shape index (κ2) is 4.94. The fraction of sp³-hybridized carbons (Fsp3) is 0.154. The molecule has 88 valence electrons. The number of nitrogen functional groups attached to an aromatic ring is 1. The van der Waals surface area contributed by atoms with Crippen molar-refractivity contribution in [3.63, 3.8) is 0 Å². The number of rotatable bonds is 2. The highest BCUT2D eigenvalue weighted by Gasteiger charge is 2.09. The van der Waals surface area contributed by atoms with Crippen LogP contribution in [0.4, 0.5) is 5.82 Å². The third kappa shape index (κ3) is 2.54. The average molecular weight is 267 g/mol. The Balaban J connectivity index is 2.56. The zero-order chi connectivity index (χ0) is 12.4. The number of hydrogen-bond acceptors (Lipinski definition) is 2. The molecule has 0 aliphatic carbocycles. The van der Waals surface area contributed by atoms with E-state index in [9.17, 15) is 0 Å². The molecule has 4 heteroatoms. The summed E-state index contributed by atoms with van der Waals surface area (Å²) >= 11 is 12.0. The van der Waals surface area contributed by atoms with Gasteiger partial charge in [-0.25, -0.2) is 4.98 Å². The standard InChI is InChI=1S/C13H12Cl2N2/c1-2-8-4-3-5-9(6-8)12-10(14)7-11(15)13(16)17-12/h3-7H,2H2,1H3,(H2,16,17). The SMILES string of the molecule is CCc1cccc(-c2nc(N)c(Cl)cc2Cl)c1. The van der Waals surface area contributed by atoms with E-state index in [1.165, 1.54) is 5.56 Å². The molecule has 2 aromatic rings. The number of pyridine rings is 1. The number of aryl methyl sites for hydroxylation is 1. The van der Waals surface area contributed by atoms with Gasteiger partial charge in [0, 0.05) is 5.56 Å². The lowest BCUT2D eigenvalue weighted by molar-refractivity contribution is 1.14. The molecule has 0 aliphatic heterocycles. The van der Waals surface area contributed by atoms with Crippen molar-refractivity contribution < 1.29 is 0 Å². The van der Waals surface area contributed by atoms with Gasteiger partial charge >= 0.3 is 0 Å². The Morgan fingerprint density at radius 2 is 1.94 bits per heavy atom. The summed E-state index contributed by atoms with van der Waals surface area (Å²) in [5.74, 6) is 0.299. The number of hydrogen-bond donors (Lipinski definition) is 1. The van der Waals surface area contributed by atoms with Crippen molar-refractivity contribution in [1.29, 1.82) is 0 Å². The fourth-order valence-corrected chi connectivity index (χ4v) is 2.09. The molecule has 0 fully saturated rings. The molecule has 17 heavy (non-hydrogen) atoms. The van der Waals surface area contributed by atoms with Crippen LogP contribution < -0.4 is 5.73 Å². The van der Waals surface area contributed by atoms with Crippen LogP contribution in [0.1, 0.15) is 12.5 Å². The molecule has 0 spiro atoms. The summed E-state index contributed by atoms with van der Waals surface area (Å²) in [6.07, 6.45) is 0.967. The van der Waals surface area contributed by atoms with Crippen LogP contribution in [0.2, 0.25) is 10.0 Å². The van der Waals surface area contributed by atoms with E-state index in [-0.39, 0.29) is 0 Å². The summed E-state index contributed by atoms with van der Waals surface area (Å²) < 4.78 is 0. The first-order valence-electron chi connectivity index (χ1n) is 5.32. The molecule has 0 radical (unpaired) electrons. The largest absolute Gasteiger partial charge is 0.382 e. The van der Waals surface area contributed by atoms with Gasteiger partial charge in [-0.3, -0.25) is 0 Å². The van der Waals surface area contributed by atoms with Crippen LogP contribution >= 0.6 is 23.2 Å². The van der Waals surface area contributed by atoms with E-state index in [0.717, 1.165) is 12.0 Å². The molecule has 0 saturated carbocycles. The molecule has 2 N–H and O–H groups in total. The third-order valence-electron chi connectivity index (χ3n) is 2.57. The lowest BCUT2D eigenvalue weighted by Gasteiger charge is -2.07. The highest BCUT2D eigenvalue weighted by atomic mass is 35.5. The van der Waals surface area contributed by atoms with Crippen molar-refractivity contribution in [2.24, 2.45) is 0 Å². The Morgan fingerprint density at radius 1 is 1.18 bits per heavy atom. The maximum atomic E-state index is 6.13. The number of nitrogens with two attached hydrogens (primary N) is 1. The Kier molecular flexibility index (Phi) is 3.55. The zero-order valence-electron chi connectivity index (χ0n) is 9.37. The zero-order valence-corrected chi connectivity index (χ0v) is 10.9. The van der Waals surface area contributed by atoms with Crippen LogP contribution in [-0.2, 0) is 6.42 Å². The maximum absolute atomic E-state index is 6.13. The van der Waals surface area contributed by atoms with Crippen molar-refractivity contribution >= 4 is 29.0 Å². The first-order valence-corrected chi connectivity index (χ1v) is 6.08. The summed E-state index contributed by atoms with van der Waals surface area (Å²) in [5.41, 5.74) is 8.55. The van der Waals surface area contributed by atoms with Gasteiger partial charge in [0.05, 0.1) is 15.7 Å². The minimum absolute atomic E-state index is 0.299. The number of benzene rings is 1. The summed E-state index contributed by atoms with van der Waals surface area (Å²) in [6.45, 7) is 2.10. The van der Waals surface area contributed by atoms with Gasteiger partial charge in [-0.2, -0.15) is 0 Å². The Morgan fingerprint density at radius 3 is 2.65 bits per heavy atom. The molecule has 2 rings (SSSR count). The second-order valence-corrected chi connectivity index (χ2v) is 4.55. The smallest absolute Gasteiger partial charge is 0.143 e. The van der Waals surface area contributed by atoms with Crippen molar-refractivity contribution in [3.8, 4) is 11.3 Å². The lowest BCUT2D eigenvalue weighted by Crippen LogP contribution is -1.95. The van der Waals surface area contributed by atoms with E-state index in [4.69, 9.17) is 28.9 Å². The first kappa shape index (κ1) is 12.2. The Labute approximate surface area is 110 Å². The Bertz CT molecular complexity index is 553. The molecule has 0 aliphatic rings. The van der Waals surface area contributed by atoms with Gasteiger partial charge in [0.25, 0.3) is 0 Å². The second-order valence-electron chi connectivity index (χ2n) is 3.74. The van der Waals surface area contributed by atoms with Crippen LogP contribution in [0, 0.1) is 0 Å². The average Bonchev–Trinajstić information content (AvgIpc) is 2.34. The van der Waals surface area contributed by atoms with Gasteiger partial charge in [-0.05, 0) is 24.1 Å². The predicted octanol–water partition coefficient (Wildman–Crippen LogP) is 4.20. The van der Waals surface area contributed by atoms with Gasteiger partial charge in [0.2, 0.25) is 0 Å². The van der Waals surface area contributed by atoms with Gasteiger partial charge in [0.15, 0.2) is 0 Å². The van der Waals surface area contributed by atoms with Gasteiger partial charge < -0.3 is 5.73 Å². The van der Waals surface area contributed by atoms with Gasteiger partial charge in [-0.15, -0.1) is 0 Å². The molecule has 1 aromatic heterocycles. The topological polar surface area (TPSA) is 38.9 Å². The summed E-state index contributed by atoms with van der Waals surface area (Å²) in [6, 6.07) is 9.69. The van der Waals surface area contributed by atoms with E-state index < -0.39 is 0 Å². The predicted molar refractivity (Wildman–Crippen MR) is 73.5 cm³/mol. The van der Waals surface area contributed by atoms with Crippen molar-refractivity contribution in [3.05, 3.63) is 45.9 Å². The highest BCUT2D eigenvalue weighted by molar-refractivity contribution is 6.37.